The number of rotatable bonds is 8. The first-order valence-corrected chi connectivity index (χ1v) is 10.9. The van der Waals surface area contributed by atoms with E-state index in [1.807, 2.05) is 0 Å². The van der Waals surface area contributed by atoms with Crippen molar-refractivity contribution in [1.29, 1.82) is 0 Å². The third-order valence-electron chi connectivity index (χ3n) is 4.33. The molecule has 0 aliphatic carbocycles. The summed E-state index contributed by atoms with van der Waals surface area (Å²) in [5.41, 5.74) is 3.80. The molecule has 3 aromatic carbocycles. The van der Waals surface area contributed by atoms with E-state index < -0.39 is 17.7 Å². The first-order valence-electron chi connectivity index (χ1n) is 10.1. The van der Waals surface area contributed by atoms with Crippen LogP contribution in [0.25, 0.3) is 0 Å². The summed E-state index contributed by atoms with van der Waals surface area (Å²) in [4.78, 5) is 37.2. The molecule has 0 atom stereocenters. The van der Waals surface area contributed by atoms with Crippen LogP contribution in [-0.4, -0.2) is 30.5 Å². The van der Waals surface area contributed by atoms with E-state index in [-0.39, 0.29) is 11.3 Å². The molecule has 0 spiro atoms. The van der Waals surface area contributed by atoms with Gasteiger partial charge >= 0.3 is 11.8 Å². The van der Waals surface area contributed by atoms with Crippen LogP contribution in [0, 0.1) is 0 Å². The lowest BCUT2D eigenvalue weighted by Gasteiger charge is -2.11. The van der Waals surface area contributed by atoms with Crippen molar-refractivity contribution in [1.82, 2.24) is 5.43 Å². The van der Waals surface area contributed by atoms with Gasteiger partial charge in [-0.05, 0) is 54.1 Å². The summed E-state index contributed by atoms with van der Waals surface area (Å²) in [6, 6.07) is 20.4. The zero-order valence-electron chi connectivity index (χ0n) is 18.0. The second kappa shape index (κ2) is 12.1. The first kappa shape index (κ1) is 24.4. The number of ether oxygens (including phenoxy) is 1. The summed E-state index contributed by atoms with van der Waals surface area (Å²) >= 11 is 3.34. The van der Waals surface area contributed by atoms with Gasteiger partial charge in [0.1, 0.15) is 12.4 Å². The number of hydrogen-bond acceptors (Lipinski definition) is 5. The molecule has 8 nitrogen and oxygen atoms in total. The van der Waals surface area contributed by atoms with Crippen LogP contribution in [0.5, 0.6) is 5.75 Å². The standard InChI is InChI=1S/C25H21BrN4O4/c1-2-14-34-20-7-5-6-17(15-20)16-27-30-25(33)24(32)29-22-9-4-3-8-21(22)23(31)28-19-12-10-18(26)11-13-19/h2-13,15-16H,1,14H2,(H,28,31)(H,29,32)(H,30,33)/b27-16+. The molecule has 3 amide bonds. The summed E-state index contributed by atoms with van der Waals surface area (Å²) in [6.45, 7) is 3.95. The van der Waals surface area contributed by atoms with Crippen molar-refractivity contribution >= 4 is 51.2 Å². The predicted molar refractivity (Wildman–Crippen MR) is 135 cm³/mol. The predicted octanol–water partition coefficient (Wildman–Crippen LogP) is 4.36. The second-order valence-corrected chi connectivity index (χ2v) is 7.75. The van der Waals surface area contributed by atoms with E-state index in [4.69, 9.17) is 4.74 Å². The van der Waals surface area contributed by atoms with Gasteiger partial charge in [0.2, 0.25) is 0 Å². The monoisotopic (exact) mass is 520 g/mol. The van der Waals surface area contributed by atoms with Crippen LogP contribution in [0.1, 0.15) is 15.9 Å². The smallest absolute Gasteiger partial charge is 0.329 e. The number of carbonyl (C=O) groups is 3. The number of benzene rings is 3. The minimum absolute atomic E-state index is 0.188. The Balaban J connectivity index is 1.60. The third-order valence-corrected chi connectivity index (χ3v) is 4.86. The molecular formula is C25H21BrN4O4. The number of anilines is 2. The highest BCUT2D eigenvalue weighted by molar-refractivity contribution is 9.10. The Morgan fingerprint density at radius 1 is 0.941 bits per heavy atom. The summed E-state index contributed by atoms with van der Waals surface area (Å²) < 4.78 is 6.31. The molecule has 3 N–H and O–H groups in total. The molecule has 0 aliphatic rings. The maximum absolute atomic E-state index is 12.7. The van der Waals surface area contributed by atoms with E-state index in [0.717, 1.165) is 4.47 Å². The molecule has 0 fully saturated rings. The van der Waals surface area contributed by atoms with Crippen LogP contribution in [0.4, 0.5) is 11.4 Å². The van der Waals surface area contributed by atoms with Crippen molar-refractivity contribution in [3.05, 3.63) is 101 Å². The molecule has 0 heterocycles. The maximum Gasteiger partial charge on any atom is 0.329 e. The number of nitrogens with zero attached hydrogens (tertiary/aromatic N) is 1. The SMILES string of the molecule is C=CCOc1cccc(/C=N/NC(=O)C(=O)Nc2ccccc2C(=O)Nc2ccc(Br)cc2)c1. The van der Waals surface area contributed by atoms with E-state index in [1.165, 1.54) is 12.3 Å². The summed E-state index contributed by atoms with van der Waals surface area (Å²) in [7, 11) is 0. The number of nitrogens with one attached hydrogen (secondary N) is 3. The molecule has 9 heteroatoms. The van der Waals surface area contributed by atoms with Gasteiger partial charge in [0.15, 0.2) is 0 Å². The minimum Gasteiger partial charge on any atom is -0.490 e. The van der Waals surface area contributed by atoms with E-state index in [2.05, 4.69) is 43.7 Å². The van der Waals surface area contributed by atoms with Crippen LogP contribution in [0.15, 0.2) is 95.0 Å². The van der Waals surface area contributed by atoms with Gasteiger partial charge in [-0.2, -0.15) is 5.10 Å². The fourth-order valence-electron chi connectivity index (χ4n) is 2.76. The van der Waals surface area contributed by atoms with Gasteiger partial charge in [-0.1, -0.05) is 52.9 Å². The molecule has 34 heavy (non-hydrogen) atoms. The molecule has 3 aromatic rings. The molecule has 0 unspecified atom stereocenters. The van der Waals surface area contributed by atoms with Gasteiger partial charge in [0, 0.05) is 10.2 Å². The van der Waals surface area contributed by atoms with Crippen molar-refractivity contribution in [2.45, 2.75) is 0 Å². The number of para-hydroxylation sites is 1. The number of amides is 3. The molecule has 3 rings (SSSR count). The Labute approximate surface area is 204 Å². The van der Waals surface area contributed by atoms with Crippen molar-refractivity contribution in [2.24, 2.45) is 5.10 Å². The lowest BCUT2D eigenvalue weighted by atomic mass is 10.1. The highest BCUT2D eigenvalue weighted by Gasteiger charge is 2.17. The summed E-state index contributed by atoms with van der Waals surface area (Å²) in [5, 5.41) is 8.99. The van der Waals surface area contributed by atoms with Gasteiger partial charge in [-0.15, -0.1) is 0 Å². The Morgan fingerprint density at radius 3 is 2.47 bits per heavy atom. The molecular weight excluding hydrogens is 500 g/mol. The van der Waals surface area contributed by atoms with Crippen LogP contribution in [0.3, 0.4) is 0 Å². The number of carbonyl (C=O) groups excluding carboxylic acids is 3. The average molecular weight is 521 g/mol. The molecule has 0 saturated heterocycles. The average Bonchev–Trinajstić information content (AvgIpc) is 2.84. The first-order chi connectivity index (χ1) is 16.5. The largest absolute Gasteiger partial charge is 0.490 e. The van der Waals surface area contributed by atoms with Gasteiger partial charge in [0.25, 0.3) is 5.91 Å². The lowest BCUT2D eigenvalue weighted by molar-refractivity contribution is -0.136. The zero-order valence-corrected chi connectivity index (χ0v) is 19.5. The van der Waals surface area contributed by atoms with E-state index in [1.54, 1.807) is 72.8 Å². The highest BCUT2D eigenvalue weighted by Crippen LogP contribution is 2.19. The summed E-state index contributed by atoms with van der Waals surface area (Å²) in [5.74, 6) is -1.77. The topological polar surface area (TPSA) is 109 Å². The van der Waals surface area contributed by atoms with Crippen molar-refractivity contribution in [3.63, 3.8) is 0 Å². The molecule has 0 saturated carbocycles. The third kappa shape index (κ3) is 7.14. The fraction of sp³-hybridized carbons (Fsp3) is 0.0400. The lowest BCUT2D eigenvalue weighted by Crippen LogP contribution is -2.33. The Hall–Kier alpha value is -4.24. The maximum atomic E-state index is 12.7. The van der Waals surface area contributed by atoms with E-state index >= 15 is 0 Å². The van der Waals surface area contributed by atoms with Crippen molar-refractivity contribution in [2.75, 3.05) is 17.2 Å². The van der Waals surface area contributed by atoms with Gasteiger partial charge in [-0.25, -0.2) is 5.43 Å². The van der Waals surface area contributed by atoms with E-state index in [9.17, 15) is 14.4 Å². The van der Waals surface area contributed by atoms with Gasteiger partial charge < -0.3 is 15.4 Å². The molecule has 0 aliphatic heterocycles. The quantitative estimate of drug-likeness (QED) is 0.177. The Kier molecular flexibility index (Phi) is 8.70. The van der Waals surface area contributed by atoms with Gasteiger partial charge in [0.05, 0.1) is 17.5 Å². The highest BCUT2D eigenvalue weighted by atomic mass is 79.9. The number of hydrogen-bond donors (Lipinski definition) is 3. The van der Waals surface area contributed by atoms with Crippen LogP contribution < -0.4 is 20.8 Å². The normalized spacial score (nSPS) is 10.4. The number of hydrazone groups is 1. The van der Waals surface area contributed by atoms with Crippen LogP contribution in [0.2, 0.25) is 0 Å². The van der Waals surface area contributed by atoms with Crippen molar-refractivity contribution < 1.29 is 19.1 Å². The van der Waals surface area contributed by atoms with Crippen LogP contribution in [-0.2, 0) is 9.59 Å². The number of halogens is 1. The summed E-state index contributed by atoms with van der Waals surface area (Å²) in [6.07, 6.45) is 3.01. The molecule has 0 bridgehead atoms. The van der Waals surface area contributed by atoms with Crippen molar-refractivity contribution in [3.8, 4) is 5.75 Å². The zero-order chi connectivity index (χ0) is 24.3. The molecule has 172 valence electrons. The minimum atomic E-state index is -0.988. The molecule has 0 radical (unpaired) electrons. The fourth-order valence-corrected chi connectivity index (χ4v) is 3.02. The Morgan fingerprint density at radius 2 is 1.71 bits per heavy atom. The van der Waals surface area contributed by atoms with Gasteiger partial charge in [-0.3, -0.25) is 14.4 Å². The van der Waals surface area contributed by atoms with Crippen LogP contribution >= 0.6 is 15.9 Å². The Bertz CT molecular complexity index is 1230. The second-order valence-electron chi connectivity index (χ2n) is 6.83. The van der Waals surface area contributed by atoms with E-state index in [0.29, 0.717) is 23.6 Å². The molecule has 0 aromatic heterocycles.